The fourth-order valence-corrected chi connectivity index (χ4v) is 3.75. The monoisotopic (exact) mass is 301 g/mol. The van der Waals surface area contributed by atoms with Gasteiger partial charge in [-0.05, 0) is 24.5 Å². The number of rotatable bonds is 3. The van der Waals surface area contributed by atoms with Gasteiger partial charge in [0.15, 0.2) is 0 Å². The Labute approximate surface area is 131 Å². The number of hydrogen-bond donors (Lipinski definition) is 1. The molecule has 1 heterocycles. The van der Waals surface area contributed by atoms with Gasteiger partial charge < -0.3 is 15.5 Å². The molecule has 5 heteroatoms. The third-order valence-electron chi connectivity index (χ3n) is 5.15. The largest absolute Gasteiger partial charge is 0.336 e. The van der Waals surface area contributed by atoms with E-state index in [1.807, 2.05) is 18.2 Å². The third-order valence-corrected chi connectivity index (χ3v) is 5.15. The van der Waals surface area contributed by atoms with Crippen molar-refractivity contribution in [3.8, 4) is 0 Å². The number of likely N-dealkylation sites (N-methyl/N-ethyl adjacent to an activating group) is 1. The van der Waals surface area contributed by atoms with Crippen molar-refractivity contribution in [2.24, 2.45) is 5.73 Å². The van der Waals surface area contributed by atoms with Crippen LogP contribution in [0.1, 0.15) is 31.2 Å². The van der Waals surface area contributed by atoms with Crippen molar-refractivity contribution in [3.05, 3.63) is 29.8 Å². The minimum absolute atomic E-state index is 0.0523. The summed E-state index contributed by atoms with van der Waals surface area (Å²) in [6, 6.07) is 7.94. The normalized spacial score (nSPS) is 21.5. The van der Waals surface area contributed by atoms with Gasteiger partial charge in [0.1, 0.15) is 0 Å². The van der Waals surface area contributed by atoms with Gasteiger partial charge in [-0.1, -0.05) is 31.0 Å². The van der Waals surface area contributed by atoms with E-state index in [0.717, 1.165) is 24.1 Å². The number of nitrogens with zero attached hydrogens (tertiary/aromatic N) is 2. The fraction of sp³-hybridized carbons (Fsp3) is 0.529. The molecule has 22 heavy (non-hydrogen) atoms. The van der Waals surface area contributed by atoms with Crippen LogP contribution in [0.3, 0.4) is 0 Å². The standard InChI is InChI=1S/C17H23N3O2/c1-19-10-11-20(16(22)15(19)21)14-7-3-2-6-13(14)17(12-18)8-4-5-9-17/h2-3,6-7H,4-5,8-12,18H2,1H3. The SMILES string of the molecule is CN1CCN(c2ccccc2C2(CN)CCCC2)C(=O)C1=O. The van der Waals surface area contributed by atoms with Crippen LogP contribution in [0.25, 0.3) is 0 Å². The van der Waals surface area contributed by atoms with Gasteiger partial charge in [0.2, 0.25) is 0 Å². The zero-order valence-corrected chi connectivity index (χ0v) is 13.0. The van der Waals surface area contributed by atoms with Crippen LogP contribution in [0.4, 0.5) is 5.69 Å². The summed E-state index contributed by atoms with van der Waals surface area (Å²) in [5.74, 6) is -0.874. The van der Waals surface area contributed by atoms with E-state index in [2.05, 4.69) is 6.07 Å². The van der Waals surface area contributed by atoms with Crippen LogP contribution in [0.15, 0.2) is 24.3 Å². The summed E-state index contributed by atoms with van der Waals surface area (Å²) in [5.41, 5.74) is 8.04. The van der Waals surface area contributed by atoms with Crippen molar-refractivity contribution >= 4 is 17.5 Å². The van der Waals surface area contributed by atoms with Crippen LogP contribution in [0, 0.1) is 0 Å². The van der Waals surface area contributed by atoms with Gasteiger partial charge in [-0.2, -0.15) is 0 Å². The molecular formula is C17H23N3O2. The molecule has 1 saturated heterocycles. The van der Waals surface area contributed by atoms with Crippen LogP contribution in [-0.2, 0) is 15.0 Å². The molecule has 0 atom stereocenters. The second kappa shape index (κ2) is 5.72. The second-order valence-corrected chi connectivity index (χ2v) is 6.39. The quantitative estimate of drug-likeness (QED) is 0.855. The lowest BCUT2D eigenvalue weighted by Crippen LogP contribution is -2.53. The maximum absolute atomic E-state index is 12.4. The highest BCUT2D eigenvalue weighted by Crippen LogP contribution is 2.44. The molecule has 0 aromatic heterocycles. The van der Waals surface area contributed by atoms with E-state index in [1.54, 1.807) is 11.9 Å². The lowest BCUT2D eigenvalue weighted by molar-refractivity contribution is -0.145. The molecule has 2 N–H and O–H groups in total. The smallest absolute Gasteiger partial charge is 0.316 e. The van der Waals surface area contributed by atoms with Crippen molar-refractivity contribution in [3.63, 3.8) is 0 Å². The molecule has 0 bridgehead atoms. The zero-order chi connectivity index (χ0) is 15.7. The van der Waals surface area contributed by atoms with Crippen LogP contribution in [-0.4, -0.2) is 43.4 Å². The van der Waals surface area contributed by atoms with Crippen molar-refractivity contribution < 1.29 is 9.59 Å². The third kappa shape index (κ3) is 2.29. The van der Waals surface area contributed by atoms with E-state index in [9.17, 15) is 9.59 Å². The van der Waals surface area contributed by atoms with Crippen molar-refractivity contribution in [2.45, 2.75) is 31.1 Å². The highest BCUT2D eigenvalue weighted by molar-refractivity contribution is 6.41. The van der Waals surface area contributed by atoms with Gasteiger partial charge in [0.05, 0.1) is 0 Å². The maximum atomic E-state index is 12.4. The van der Waals surface area contributed by atoms with E-state index in [0.29, 0.717) is 19.6 Å². The summed E-state index contributed by atoms with van der Waals surface area (Å²) in [7, 11) is 1.67. The molecule has 0 radical (unpaired) electrons. The van der Waals surface area contributed by atoms with Crippen molar-refractivity contribution in [1.82, 2.24) is 4.90 Å². The number of carbonyl (C=O) groups excluding carboxylic acids is 2. The number of hydrogen-bond acceptors (Lipinski definition) is 3. The molecule has 1 saturated carbocycles. The minimum Gasteiger partial charge on any atom is -0.336 e. The molecule has 2 aliphatic rings. The lowest BCUT2D eigenvalue weighted by atomic mass is 9.78. The average Bonchev–Trinajstić information content (AvgIpc) is 3.03. The Balaban J connectivity index is 2.02. The van der Waals surface area contributed by atoms with Gasteiger partial charge >= 0.3 is 11.8 Å². The van der Waals surface area contributed by atoms with E-state index in [1.165, 1.54) is 17.7 Å². The van der Waals surface area contributed by atoms with Gasteiger partial charge in [-0.15, -0.1) is 0 Å². The molecule has 2 fully saturated rings. The fourth-order valence-electron chi connectivity index (χ4n) is 3.75. The van der Waals surface area contributed by atoms with E-state index in [4.69, 9.17) is 5.73 Å². The predicted octanol–water partition coefficient (Wildman–Crippen LogP) is 1.26. The van der Waals surface area contributed by atoms with Crippen LogP contribution < -0.4 is 10.6 Å². The molecule has 0 spiro atoms. The Kier molecular flexibility index (Phi) is 3.91. The summed E-state index contributed by atoms with van der Waals surface area (Å²) in [6.45, 7) is 1.69. The average molecular weight is 301 g/mol. The first kappa shape index (κ1) is 15.0. The number of para-hydroxylation sites is 1. The van der Waals surface area contributed by atoms with Crippen LogP contribution in [0.2, 0.25) is 0 Å². The van der Waals surface area contributed by atoms with Gasteiger partial charge in [0.25, 0.3) is 0 Å². The Morgan fingerprint density at radius 1 is 1.09 bits per heavy atom. The maximum Gasteiger partial charge on any atom is 0.316 e. The minimum atomic E-state index is -0.439. The number of benzene rings is 1. The summed E-state index contributed by atoms with van der Waals surface area (Å²) in [4.78, 5) is 27.5. The summed E-state index contributed by atoms with van der Waals surface area (Å²) in [6.07, 6.45) is 4.44. The number of piperazine rings is 1. The van der Waals surface area contributed by atoms with E-state index >= 15 is 0 Å². The van der Waals surface area contributed by atoms with Crippen molar-refractivity contribution in [2.75, 3.05) is 31.6 Å². The Morgan fingerprint density at radius 2 is 1.77 bits per heavy atom. The molecule has 5 nitrogen and oxygen atoms in total. The highest BCUT2D eigenvalue weighted by atomic mass is 16.2. The molecular weight excluding hydrogens is 278 g/mol. The highest BCUT2D eigenvalue weighted by Gasteiger charge is 2.39. The summed E-state index contributed by atoms with van der Waals surface area (Å²) < 4.78 is 0. The number of anilines is 1. The Hall–Kier alpha value is -1.88. The Morgan fingerprint density at radius 3 is 2.45 bits per heavy atom. The summed E-state index contributed by atoms with van der Waals surface area (Å²) in [5, 5.41) is 0. The Bertz CT molecular complexity index is 593. The second-order valence-electron chi connectivity index (χ2n) is 6.39. The van der Waals surface area contributed by atoms with Gasteiger partial charge in [0, 0.05) is 37.8 Å². The first-order chi connectivity index (χ1) is 10.6. The summed E-state index contributed by atoms with van der Waals surface area (Å²) >= 11 is 0. The lowest BCUT2D eigenvalue weighted by Gasteiger charge is -2.37. The first-order valence-corrected chi connectivity index (χ1v) is 7.95. The van der Waals surface area contributed by atoms with Gasteiger partial charge in [-0.25, -0.2) is 0 Å². The van der Waals surface area contributed by atoms with E-state index in [-0.39, 0.29) is 5.41 Å². The number of amides is 2. The molecule has 1 aromatic rings. The molecule has 118 valence electrons. The van der Waals surface area contributed by atoms with Crippen LogP contribution in [0.5, 0.6) is 0 Å². The number of carbonyl (C=O) groups is 2. The topological polar surface area (TPSA) is 66.6 Å². The van der Waals surface area contributed by atoms with Crippen molar-refractivity contribution in [1.29, 1.82) is 0 Å². The van der Waals surface area contributed by atoms with E-state index < -0.39 is 11.8 Å². The zero-order valence-electron chi connectivity index (χ0n) is 13.0. The van der Waals surface area contributed by atoms with Gasteiger partial charge in [-0.3, -0.25) is 9.59 Å². The predicted molar refractivity (Wildman–Crippen MR) is 85.6 cm³/mol. The van der Waals surface area contributed by atoms with Crippen LogP contribution >= 0.6 is 0 Å². The molecule has 1 aromatic carbocycles. The molecule has 0 unspecified atom stereocenters. The first-order valence-electron chi connectivity index (χ1n) is 7.95. The molecule has 3 rings (SSSR count). The molecule has 1 aliphatic carbocycles. The molecule has 1 aliphatic heterocycles. The molecule has 2 amide bonds. The number of nitrogens with two attached hydrogens (primary N) is 1.